The summed E-state index contributed by atoms with van der Waals surface area (Å²) in [5.74, 6) is -1.11. The second-order valence-corrected chi connectivity index (χ2v) is 15.6. The Labute approximate surface area is 354 Å². The van der Waals surface area contributed by atoms with E-state index >= 15 is 0 Å². The maximum Gasteiger partial charge on any atom is 0.355 e. The fraction of sp³-hybridized carbons (Fsp3) is 0.200. The molecule has 1 fully saturated rings. The topological polar surface area (TPSA) is 129 Å². The molecule has 12 nitrogen and oxygen atoms in total. The van der Waals surface area contributed by atoms with Gasteiger partial charge in [0, 0.05) is 28.2 Å². The molecule has 1 unspecified atom stereocenters. The second kappa shape index (κ2) is 18.4. The van der Waals surface area contributed by atoms with Gasteiger partial charge in [0.1, 0.15) is 41.4 Å². The van der Waals surface area contributed by atoms with E-state index in [0.717, 1.165) is 21.6 Å². The first-order valence-corrected chi connectivity index (χ1v) is 20.2. The highest BCUT2D eigenvalue weighted by Crippen LogP contribution is 2.41. The number of aromatic nitrogens is 2. The lowest BCUT2D eigenvalue weighted by molar-refractivity contribution is -0.687. The van der Waals surface area contributed by atoms with Crippen molar-refractivity contribution in [1.29, 1.82) is 0 Å². The molecule has 2 aromatic heterocycles. The van der Waals surface area contributed by atoms with Gasteiger partial charge in [-0.1, -0.05) is 113 Å². The zero-order chi connectivity index (χ0) is 38.4. The molecule has 0 saturated carbocycles. The average molecular weight is 920 g/mol. The van der Waals surface area contributed by atoms with Crippen LogP contribution in [-0.4, -0.2) is 77.7 Å². The summed E-state index contributed by atoms with van der Waals surface area (Å²) < 4.78 is 7.44. The van der Waals surface area contributed by atoms with Crippen LogP contribution in [0.3, 0.4) is 0 Å². The van der Waals surface area contributed by atoms with E-state index in [1.54, 1.807) is 11.5 Å². The number of halogens is 1. The van der Waals surface area contributed by atoms with Gasteiger partial charge >= 0.3 is 5.97 Å². The molecule has 2 atom stereocenters. The van der Waals surface area contributed by atoms with Crippen LogP contribution in [0.1, 0.15) is 22.4 Å². The number of pyridine rings is 1. The van der Waals surface area contributed by atoms with Crippen molar-refractivity contribution < 1.29 is 52.6 Å². The molecular weight excluding hydrogens is 882 g/mol. The number of amides is 2. The summed E-state index contributed by atoms with van der Waals surface area (Å²) in [6.07, 6.45) is 5.49. The van der Waals surface area contributed by atoms with Crippen LogP contribution in [-0.2, 0) is 29.5 Å². The van der Waals surface area contributed by atoms with Gasteiger partial charge in [-0.15, -0.1) is 23.1 Å². The Morgan fingerprint density at radius 1 is 0.964 bits per heavy atom. The molecule has 7 rings (SSSR count). The van der Waals surface area contributed by atoms with Crippen LogP contribution >= 0.6 is 34.9 Å². The number of benzene rings is 3. The number of hydrogen-bond acceptors (Lipinski definition) is 12. The van der Waals surface area contributed by atoms with Crippen molar-refractivity contribution >= 4 is 63.5 Å². The van der Waals surface area contributed by atoms with Gasteiger partial charge < -0.3 is 44.2 Å². The smallest absolute Gasteiger partial charge is 0.355 e. The van der Waals surface area contributed by atoms with Crippen LogP contribution in [0.15, 0.2) is 143 Å². The largest absolute Gasteiger partial charge is 1.00 e. The maximum atomic E-state index is 13.8. The Bertz CT molecular complexity index is 2110. The summed E-state index contributed by atoms with van der Waals surface area (Å²) in [5, 5.41) is 14.2. The van der Waals surface area contributed by atoms with Crippen molar-refractivity contribution in [1.82, 2.24) is 15.2 Å². The lowest BCUT2D eigenvalue weighted by Crippen LogP contribution is -3.00. The van der Waals surface area contributed by atoms with Crippen molar-refractivity contribution in [3.8, 4) is 0 Å². The van der Waals surface area contributed by atoms with Crippen LogP contribution in [0.4, 0.5) is 5.13 Å². The second-order valence-electron chi connectivity index (χ2n) is 12.6. The van der Waals surface area contributed by atoms with E-state index in [1.807, 2.05) is 103 Å². The monoisotopic (exact) mass is 919 g/mol. The van der Waals surface area contributed by atoms with Gasteiger partial charge in [-0.3, -0.25) is 14.5 Å². The Balaban J connectivity index is 0.00000532. The number of β-lactam (4-membered cyclic amide) rings is 1. The Morgan fingerprint density at radius 2 is 1.55 bits per heavy atom. The molecule has 56 heavy (non-hydrogen) atoms. The van der Waals surface area contributed by atoms with Crippen LogP contribution < -0.4 is 44.3 Å². The number of rotatable bonds is 14. The van der Waals surface area contributed by atoms with Crippen molar-refractivity contribution in [3.05, 3.63) is 155 Å². The van der Waals surface area contributed by atoms with E-state index in [1.165, 1.54) is 46.9 Å². The zero-order valence-electron chi connectivity index (χ0n) is 30.6. The SMILES string of the molecule is CO/N=C(\C(=O)NC1C(=O)N2C(C(=O)OCSc3cc[n+](N(C)C)cc3)=CCS[C@@H]12)c1csc(NC(c2ccccc2)(c2ccccc2)c2ccccc2)n1.[I-]. The van der Waals surface area contributed by atoms with E-state index in [2.05, 4.69) is 52.2 Å². The van der Waals surface area contributed by atoms with Crippen molar-refractivity contribution in [2.24, 2.45) is 5.16 Å². The molecule has 0 spiro atoms. The number of ether oxygens (including phenoxy) is 1. The molecule has 2 amide bonds. The van der Waals surface area contributed by atoms with E-state index in [0.29, 0.717) is 10.9 Å². The molecule has 0 aliphatic carbocycles. The number of carbonyl (C=O) groups excluding carboxylic acids is 3. The van der Waals surface area contributed by atoms with Crippen molar-refractivity contribution in [3.63, 3.8) is 0 Å². The quantitative estimate of drug-likeness (QED) is 0.0197. The van der Waals surface area contributed by atoms with Crippen LogP contribution in [0.25, 0.3) is 0 Å². The number of anilines is 1. The van der Waals surface area contributed by atoms with Gasteiger partial charge in [0.2, 0.25) is 12.4 Å². The highest BCUT2D eigenvalue weighted by Gasteiger charge is 2.53. The third-order valence-corrected chi connectivity index (χ3v) is 11.8. The lowest BCUT2D eigenvalue weighted by Gasteiger charge is -2.48. The van der Waals surface area contributed by atoms with Gasteiger partial charge in [0.15, 0.2) is 10.8 Å². The maximum absolute atomic E-state index is 13.8. The van der Waals surface area contributed by atoms with E-state index in [9.17, 15) is 14.4 Å². The third-order valence-electron chi connectivity index (χ3n) is 9.06. The molecule has 16 heteroatoms. The minimum absolute atomic E-state index is 0. The summed E-state index contributed by atoms with van der Waals surface area (Å²) in [6, 6.07) is 33.3. The van der Waals surface area contributed by atoms with Gasteiger partial charge in [0.25, 0.3) is 11.8 Å². The number of carbonyl (C=O) groups is 3. The predicted octanol–water partition coefficient (Wildman–Crippen LogP) is 1.96. The predicted molar refractivity (Wildman–Crippen MR) is 215 cm³/mol. The number of fused-ring (bicyclic) bond motifs is 1. The van der Waals surface area contributed by atoms with Crippen molar-refractivity contribution in [2.75, 3.05) is 43.2 Å². The van der Waals surface area contributed by atoms with Gasteiger partial charge in [-0.2, -0.15) is 5.01 Å². The number of nitrogens with zero attached hydrogens (tertiary/aromatic N) is 5. The summed E-state index contributed by atoms with van der Waals surface area (Å²) >= 11 is 4.12. The van der Waals surface area contributed by atoms with Crippen LogP contribution in [0.2, 0.25) is 0 Å². The van der Waals surface area contributed by atoms with Gasteiger partial charge in [-0.25, -0.2) is 9.78 Å². The molecule has 3 aromatic carbocycles. The van der Waals surface area contributed by atoms with Gasteiger partial charge in [-0.05, 0) is 22.8 Å². The molecule has 2 aliphatic rings. The summed E-state index contributed by atoms with van der Waals surface area (Å²) in [4.78, 5) is 52.6. The fourth-order valence-corrected chi connectivity index (χ4v) is 8.97. The molecule has 288 valence electrons. The average Bonchev–Trinajstić information content (AvgIpc) is 3.69. The highest BCUT2D eigenvalue weighted by molar-refractivity contribution is 8.00. The minimum Gasteiger partial charge on any atom is -1.00 e. The Kier molecular flexibility index (Phi) is 13.4. The minimum atomic E-state index is -0.892. The molecule has 1 saturated heterocycles. The number of esters is 1. The normalized spacial score (nSPS) is 16.3. The number of hydrogen-bond donors (Lipinski definition) is 2. The fourth-order valence-electron chi connectivity index (χ4n) is 6.41. The molecule has 0 bridgehead atoms. The van der Waals surface area contributed by atoms with Crippen LogP contribution in [0, 0.1) is 0 Å². The first kappa shape index (κ1) is 40.7. The van der Waals surface area contributed by atoms with E-state index < -0.39 is 34.7 Å². The molecule has 2 aliphatic heterocycles. The standard InChI is InChI=1S/C40H37N7O5S3.HI/c1-45(2)46-22-19-30(20-23-46)55-26-52-38(50)32-21-24-53-37-34(36(49)47(32)37)42-35(48)33(44-51-3)31-25-54-39(41-31)43-40(27-13-7-4-8-14-27,28-15-9-5-10-16-28)29-17-11-6-12-18-29;/h4-23,25,34,37H,24,26H2,1-3H3,(H-,41,42,43,48);1H/b44-33-;/t34?,37-;/m0./s1. The van der Waals surface area contributed by atoms with E-state index in [4.69, 9.17) is 14.6 Å². The first-order chi connectivity index (χ1) is 26.8. The summed E-state index contributed by atoms with van der Waals surface area (Å²) in [6.45, 7) is 0. The molecule has 4 heterocycles. The first-order valence-electron chi connectivity index (χ1n) is 17.3. The van der Waals surface area contributed by atoms with Gasteiger partial charge in [0.05, 0.1) is 14.1 Å². The zero-order valence-corrected chi connectivity index (χ0v) is 35.2. The number of oxime groups is 1. The third kappa shape index (κ3) is 8.42. The number of nitrogens with one attached hydrogen (secondary N) is 2. The van der Waals surface area contributed by atoms with Crippen LogP contribution in [0.5, 0.6) is 0 Å². The molecule has 2 N–H and O–H groups in total. The Morgan fingerprint density at radius 3 is 2.11 bits per heavy atom. The molecular formula is C40H38IN7O5S3. The Hall–Kier alpha value is -4.91. The van der Waals surface area contributed by atoms with Crippen molar-refractivity contribution in [2.45, 2.75) is 21.9 Å². The summed E-state index contributed by atoms with van der Waals surface area (Å²) in [7, 11) is 5.21. The lowest BCUT2D eigenvalue weighted by atomic mass is 9.77. The molecule has 0 radical (unpaired) electrons. The highest BCUT2D eigenvalue weighted by atomic mass is 127. The number of thioether (sulfide) groups is 2. The number of thiazole rings is 1. The molecule has 5 aromatic rings. The van der Waals surface area contributed by atoms with E-state index in [-0.39, 0.29) is 47.0 Å². The summed E-state index contributed by atoms with van der Waals surface area (Å²) in [5.41, 5.74) is 2.50.